The Morgan fingerprint density at radius 1 is 1.42 bits per heavy atom. The van der Waals surface area contributed by atoms with Crippen molar-refractivity contribution in [1.82, 2.24) is 0 Å². The van der Waals surface area contributed by atoms with Crippen molar-refractivity contribution in [3.05, 3.63) is 42.9 Å². The van der Waals surface area contributed by atoms with E-state index in [-0.39, 0.29) is 16.5 Å². The normalized spacial score (nSPS) is 12.0. The smallest absolute Gasteiger partial charge is 0.306 e. The number of nitrogens with zero attached hydrogens (tertiary/aromatic N) is 1. The van der Waals surface area contributed by atoms with Crippen LogP contribution in [0.1, 0.15) is 17.9 Å². The molecule has 0 radical (unpaired) electrons. The minimum Gasteiger partial charge on any atom is -0.469 e. The zero-order valence-electron chi connectivity index (χ0n) is 9.86. The molecule has 8 heteroatoms. The van der Waals surface area contributed by atoms with Crippen molar-refractivity contribution in [2.75, 3.05) is 13.7 Å². The molecule has 0 aromatic heterocycles. The van der Waals surface area contributed by atoms with E-state index in [0.29, 0.717) is 10.6 Å². The number of hydrogen-bond acceptors (Lipinski definition) is 4. The molecule has 104 valence electrons. The van der Waals surface area contributed by atoms with Crippen LogP contribution in [0.5, 0.6) is 0 Å². The van der Waals surface area contributed by atoms with Crippen LogP contribution in [-0.2, 0) is 9.53 Å². The van der Waals surface area contributed by atoms with Crippen LogP contribution < -0.4 is 0 Å². The fourth-order valence-electron chi connectivity index (χ4n) is 1.61. The van der Waals surface area contributed by atoms with Gasteiger partial charge in [0.25, 0.3) is 0 Å². The lowest BCUT2D eigenvalue weighted by Gasteiger charge is -2.15. The summed E-state index contributed by atoms with van der Waals surface area (Å²) in [6.07, 6.45) is -0.173. The standard InChI is InChI=1S/C11H10Cl3NO4/c1-19-10(16)2-6(5-15(17)18)8-3-7(12)4-9(13)11(8)14/h3-4,6H,2,5H2,1H3. The Bertz CT molecular complexity index is 507. The summed E-state index contributed by atoms with van der Waals surface area (Å²) in [7, 11) is 1.21. The Kier molecular flexibility index (Phi) is 5.85. The molecule has 5 nitrogen and oxygen atoms in total. The van der Waals surface area contributed by atoms with Crippen LogP contribution in [0, 0.1) is 10.1 Å². The monoisotopic (exact) mass is 325 g/mol. The summed E-state index contributed by atoms with van der Waals surface area (Å²) in [5.41, 5.74) is 0.362. The largest absolute Gasteiger partial charge is 0.469 e. The highest BCUT2D eigenvalue weighted by Crippen LogP contribution is 2.35. The topological polar surface area (TPSA) is 69.4 Å². The van der Waals surface area contributed by atoms with Gasteiger partial charge >= 0.3 is 5.97 Å². The lowest BCUT2D eigenvalue weighted by atomic mass is 9.95. The zero-order chi connectivity index (χ0) is 14.6. The van der Waals surface area contributed by atoms with Gasteiger partial charge in [-0.1, -0.05) is 34.8 Å². The SMILES string of the molecule is COC(=O)CC(C[N+](=O)[O-])c1cc(Cl)cc(Cl)c1Cl. The molecule has 1 atom stereocenters. The van der Waals surface area contributed by atoms with E-state index in [1.54, 1.807) is 0 Å². The first-order valence-electron chi connectivity index (χ1n) is 5.18. The van der Waals surface area contributed by atoms with Crippen LogP contribution in [0.3, 0.4) is 0 Å². The maximum absolute atomic E-state index is 11.3. The third-order valence-electron chi connectivity index (χ3n) is 2.47. The molecule has 0 heterocycles. The minimum atomic E-state index is -0.744. The lowest BCUT2D eigenvalue weighted by molar-refractivity contribution is -0.483. The van der Waals surface area contributed by atoms with Crippen molar-refractivity contribution in [1.29, 1.82) is 0 Å². The molecule has 0 spiro atoms. The molecule has 1 unspecified atom stereocenters. The third-order valence-corrected chi connectivity index (χ3v) is 3.51. The summed E-state index contributed by atoms with van der Waals surface area (Å²) in [5, 5.41) is 11.3. The van der Waals surface area contributed by atoms with Crippen molar-refractivity contribution in [2.24, 2.45) is 0 Å². The molecule has 0 fully saturated rings. The van der Waals surface area contributed by atoms with E-state index in [1.165, 1.54) is 19.2 Å². The number of carbonyl (C=O) groups is 1. The number of hydrogen-bond donors (Lipinski definition) is 0. The number of esters is 1. The molecule has 1 rings (SSSR count). The van der Waals surface area contributed by atoms with Gasteiger partial charge in [-0.15, -0.1) is 0 Å². The third kappa shape index (κ3) is 4.53. The van der Waals surface area contributed by atoms with Gasteiger partial charge in [-0.05, 0) is 17.7 Å². The maximum atomic E-state index is 11.3. The first-order chi connectivity index (χ1) is 8.85. The number of halogens is 3. The number of carbonyl (C=O) groups excluding carboxylic acids is 1. The van der Waals surface area contributed by atoms with Crippen LogP contribution in [0.4, 0.5) is 0 Å². The average Bonchev–Trinajstić information content (AvgIpc) is 2.32. The van der Waals surface area contributed by atoms with Gasteiger partial charge in [-0.3, -0.25) is 14.9 Å². The second-order valence-corrected chi connectivity index (χ2v) is 5.00. The Morgan fingerprint density at radius 3 is 2.58 bits per heavy atom. The maximum Gasteiger partial charge on any atom is 0.306 e. The van der Waals surface area contributed by atoms with E-state index in [1.807, 2.05) is 0 Å². The number of benzene rings is 1. The molecular weight excluding hydrogens is 316 g/mol. The molecule has 0 bridgehead atoms. The van der Waals surface area contributed by atoms with Gasteiger partial charge in [0.15, 0.2) is 0 Å². The summed E-state index contributed by atoms with van der Waals surface area (Å²) in [6.45, 7) is -0.467. The van der Waals surface area contributed by atoms with E-state index < -0.39 is 23.4 Å². The molecular formula is C11H10Cl3NO4. The molecule has 0 saturated carbocycles. The molecule has 1 aromatic carbocycles. The summed E-state index contributed by atoms with van der Waals surface area (Å²) in [6, 6.07) is 2.89. The van der Waals surface area contributed by atoms with Crippen LogP contribution in [0.2, 0.25) is 15.1 Å². The summed E-state index contributed by atoms with van der Waals surface area (Å²) in [5.74, 6) is -1.31. The second kappa shape index (κ2) is 6.93. The molecule has 0 N–H and O–H groups in total. The fraction of sp³-hybridized carbons (Fsp3) is 0.364. The predicted octanol–water partition coefficient (Wildman–Crippen LogP) is 3.57. The average molecular weight is 327 g/mol. The lowest BCUT2D eigenvalue weighted by Crippen LogP contribution is -2.17. The van der Waals surface area contributed by atoms with E-state index in [4.69, 9.17) is 34.8 Å². The van der Waals surface area contributed by atoms with Crippen molar-refractivity contribution in [3.63, 3.8) is 0 Å². The molecule has 0 aliphatic carbocycles. The van der Waals surface area contributed by atoms with Crippen LogP contribution >= 0.6 is 34.8 Å². The molecule has 0 aliphatic heterocycles. The first-order valence-corrected chi connectivity index (χ1v) is 6.31. The van der Waals surface area contributed by atoms with E-state index in [9.17, 15) is 14.9 Å². The van der Waals surface area contributed by atoms with E-state index >= 15 is 0 Å². The van der Waals surface area contributed by atoms with Crippen LogP contribution in [-0.4, -0.2) is 24.5 Å². The Hall–Kier alpha value is -1.04. The fourth-order valence-corrected chi connectivity index (χ4v) is 2.38. The molecule has 0 amide bonds. The highest BCUT2D eigenvalue weighted by molar-refractivity contribution is 6.43. The second-order valence-electron chi connectivity index (χ2n) is 3.78. The molecule has 0 aliphatic rings. The Morgan fingerprint density at radius 2 is 2.05 bits per heavy atom. The van der Waals surface area contributed by atoms with Gasteiger partial charge in [-0.2, -0.15) is 0 Å². The summed E-state index contributed by atoms with van der Waals surface area (Å²) < 4.78 is 4.51. The summed E-state index contributed by atoms with van der Waals surface area (Å²) in [4.78, 5) is 21.5. The van der Waals surface area contributed by atoms with Crippen molar-refractivity contribution in [3.8, 4) is 0 Å². The van der Waals surface area contributed by atoms with Gasteiger partial charge in [0.1, 0.15) is 0 Å². The van der Waals surface area contributed by atoms with Gasteiger partial charge < -0.3 is 4.74 Å². The zero-order valence-corrected chi connectivity index (χ0v) is 12.1. The number of ether oxygens (including phenoxy) is 1. The van der Waals surface area contributed by atoms with Crippen LogP contribution in [0.15, 0.2) is 12.1 Å². The Labute approximate surface area is 124 Å². The highest BCUT2D eigenvalue weighted by Gasteiger charge is 2.25. The van der Waals surface area contributed by atoms with Crippen molar-refractivity contribution >= 4 is 40.8 Å². The first kappa shape index (κ1) is 16.0. The van der Waals surface area contributed by atoms with Crippen molar-refractivity contribution in [2.45, 2.75) is 12.3 Å². The highest BCUT2D eigenvalue weighted by atomic mass is 35.5. The van der Waals surface area contributed by atoms with E-state index in [2.05, 4.69) is 4.74 Å². The number of methoxy groups -OCH3 is 1. The Balaban J connectivity index is 3.16. The van der Waals surface area contributed by atoms with Crippen molar-refractivity contribution < 1.29 is 14.5 Å². The van der Waals surface area contributed by atoms with E-state index in [0.717, 1.165) is 0 Å². The van der Waals surface area contributed by atoms with Gasteiger partial charge in [0.05, 0.1) is 29.5 Å². The van der Waals surface area contributed by atoms with Gasteiger partial charge in [-0.25, -0.2) is 0 Å². The molecule has 0 saturated heterocycles. The molecule has 19 heavy (non-hydrogen) atoms. The quantitative estimate of drug-likeness (QED) is 0.359. The summed E-state index contributed by atoms with van der Waals surface area (Å²) >= 11 is 17.7. The number of rotatable bonds is 5. The number of nitro groups is 1. The van der Waals surface area contributed by atoms with Gasteiger partial charge in [0.2, 0.25) is 6.54 Å². The van der Waals surface area contributed by atoms with Gasteiger partial charge in [0, 0.05) is 9.95 Å². The van der Waals surface area contributed by atoms with Crippen LogP contribution in [0.25, 0.3) is 0 Å². The minimum absolute atomic E-state index is 0.154. The predicted molar refractivity (Wildman–Crippen MR) is 72.7 cm³/mol. The molecule has 1 aromatic rings.